The van der Waals surface area contributed by atoms with Gasteiger partial charge in [0.05, 0.1) is 12.5 Å². The number of carbonyl (C=O) groups is 1. The van der Waals surface area contributed by atoms with Crippen molar-refractivity contribution < 1.29 is 9.53 Å². The van der Waals surface area contributed by atoms with Gasteiger partial charge in [0, 0.05) is 0 Å². The predicted molar refractivity (Wildman–Crippen MR) is 138 cm³/mol. The lowest BCUT2D eigenvalue weighted by Gasteiger charge is -2.18. The van der Waals surface area contributed by atoms with Crippen molar-refractivity contribution in [2.45, 2.75) is 163 Å². The van der Waals surface area contributed by atoms with E-state index < -0.39 is 0 Å². The van der Waals surface area contributed by atoms with E-state index in [0.717, 1.165) is 6.42 Å². The third-order valence-electron chi connectivity index (χ3n) is 6.77. The Bertz CT molecular complexity index is 366. The smallest absolute Gasteiger partial charge is 0.308 e. The molecule has 0 fully saturated rings. The Labute approximate surface area is 196 Å². The summed E-state index contributed by atoms with van der Waals surface area (Å²) in [4.78, 5) is 12.4. The molecule has 0 N–H and O–H groups in total. The van der Waals surface area contributed by atoms with Crippen LogP contribution in [0.4, 0.5) is 0 Å². The molecule has 0 spiro atoms. The minimum absolute atomic E-state index is 0.0385. The van der Waals surface area contributed by atoms with E-state index >= 15 is 0 Å². The van der Waals surface area contributed by atoms with Crippen LogP contribution in [-0.2, 0) is 9.53 Å². The minimum atomic E-state index is 0.0385. The Morgan fingerprint density at radius 1 is 0.548 bits per heavy atom. The molecule has 0 heterocycles. The number of hydrogen-bond acceptors (Lipinski definition) is 2. The Morgan fingerprint density at radius 3 is 1.42 bits per heavy atom. The van der Waals surface area contributed by atoms with Crippen LogP contribution in [0.2, 0.25) is 0 Å². The van der Waals surface area contributed by atoms with Crippen molar-refractivity contribution in [1.29, 1.82) is 0 Å². The van der Waals surface area contributed by atoms with Crippen molar-refractivity contribution in [2.24, 2.45) is 11.8 Å². The van der Waals surface area contributed by atoms with Crippen LogP contribution in [0.1, 0.15) is 163 Å². The standard InChI is InChI=1S/C29H58O2/c1-5-8-10-12-14-15-16-18-19-21-24-27(4)29(30)31-26-28(23-7-3)25-22-20-17-13-11-9-6-2/h27-28H,5-26H2,1-4H3. The average molecular weight is 439 g/mol. The van der Waals surface area contributed by atoms with Crippen LogP contribution in [0, 0.1) is 11.8 Å². The zero-order chi connectivity index (χ0) is 23.0. The summed E-state index contributed by atoms with van der Waals surface area (Å²) in [5.74, 6) is 0.667. The first-order valence-corrected chi connectivity index (χ1v) is 14.3. The Morgan fingerprint density at radius 2 is 0.968 bits per heavy atom. The molecule has 31 heavy (non-hydrogen) atoms. The van der Waals surface area contributed by atoms with Gasteiger partial charge in [-0.2, -0.15) is 0 Å². The summed E-state index contributed by atoms with van der Waals surface area (Å²) in [7, 11) is 0. The molecule has 0 saturated heterocycles. The monoisotopic (exact) mass is 438 g/mol. The molecule has 0 saturated carbocycles. The zero-order valence-corrected chi connectivity index (χ0v) is 22.0. The molecule has 0 aliphatic rings. The van der Waals surface area contributed by atoms with Gasteiger partial charge < -0.3 is 4.74 Å². The fourth-order valence-corrected chi connectivity index (χ4v) is 4.51. The molecule has 0 aromatic rings. The van der Waals surface area contributed by atoms with Crippen LogP contribution in [0.15, 0.2) is 0 Å². The average Bonchev–Trinajstić information content (AvgIpc) is 2.77. The van der Waals surface area contributed by atoms with Crippen LogP contribution < -0.4 is 0 Å². The number of esters is 1. The van der Waals surface area contributed by atoms with E-state index in [9.17, 15) is 4.79 Å². The summed E-state index contributed by atoms with van der Waals surface area (Å²) in [6, 6.07) is 0. The van der Waals surface area contributed by atoms with E-state index in [-0.39, 0.29) is 11.9 Å². The van der Waals surface area contributed by atoms with Gasteiger partial charge >= 0.3 is 5.97 Å². The second-order valence-electron chi connectivity index (χ2n) is 10.1. The minimum Gasteiger partial charge on any atom is -0.465 e. The molecule has 0 aromatic carbocycles. The lowest BCUT2D eigenvalue weighted by Crippen LogP contribution is -2.19. The second kappa shape index (κ2) is 24.1. The Hall–Kier alpha value is -0.530. The SMILES string of the molecule is CCCCCCCCCCCCC(C)C(=O)OCC(CCC)CCCCCCCCC. The predicted octanol–water partition coefficient (Wildman–Crippen LogP) is 10.0. The number of carbonyl (C=O) groups excluding carboxylic acids is 1. The molecule has 0 radical (unpaired) electrons. The van der Waals surface area contributed by atoms with Gasteiger partial charge in [-0.3, -0.25) is 4.79 Å². The first-order chi connectivity index (χ1) is 15.2. The second-order valence-corrected chi connectivity index (χ2v) is 10.1. The number of ether oxygens (including phenoxy) is 1. The van der Waals surface area contributed by atoms with Gasteiger partial charge in [0.25, 0.3) is 0 Å². The first-order valence-electron chi connectivity index (χ1n) is 14.3. The van der Waals surface area contributed by atoms with Crippen molar-refractivity contribution in [3.63, 3.8) is 0 Å². The first kappa shape index (κ1) is 30.5. The highest BCUT2D eigenvalue weighted by Gasteiger charge is 2.16. The highest BCUT2D eigenvalue weighted by molar-refractivity contribution is 5.71. The van der Waals surface area contributed by atoms with Gasteiger partial charge in [0.1, 0.15) is 0 Å². The number of rotatable bonds is 24. The lowest BCUT2D eigenvalue weighted by molar-refractivity contribution is -0.149. The number of hydrogen-bond donors (Lipinski definition) is 0. The van der Waals surface area contributed by atoms with Crippen molar-refractivity contribution in [3.05, 3.63) is 0 Å². The maximum absolute atomic E-state index is 12.4. The summed E-state index contributed by atoms with van der Waals surface area (Å²) >= 11 is 0. The largest absolute Gasteiger partial charge is 0.465 e. The molecule has 0 aliphatic heterocycles. The quantitative estimate of drug-likeness (QED) is 0.111. The van der Waals surface area contributed by atoms with E-state index in [2.05, 4.69) is 27.7 Å². The van der Waals surface area contributed by atoms with Gasteiger partial charge in [0.15, 0.2) is 0 Å². The van der Waals surface area contributed by atoms with Gasteiger partial charge in [-0.1, -0.05) is 143 Å². The molecule has 2 heteroatoms. The van der Waals surface area contributed by atoms with Crippen LogP contribution in [0.25, 0.3) is 0 Å². The molecular weight excluding hydrogens is 380 g/mol. The topological polar surface area (TPSA) is 26.3 Å². The van der Waals surface area contributed by atoms with E-state index in [1.54, 1.807) is 0 Å². The summed E-state index contributed by atoms with van der Waals surface area (Å²) < 4.78 is 5.73. The van der Waals surface area contributed by atoms with Gasteiger partial charge in [-0.25, -0.2) is 0 Å². The third kappa shape index (κ3) is 21.1. The maximum Gasteiger partial charge on any atom is 0.308 e. The summed E-state index contributed by atoms with van der Waals surface area (Å²) in [6.07, 6.45) is 27.5. The Balaban J connectivity index is 3.72. The van der Waals surface area contributed by atoms with Gasteiger partial charge in [-0.15, -0.1) is 0 Å². The van der Waals surface area contributed by atoms with Crippen molar-refractivity contribution in [2.75, 3.05) is 6.61 Å². The van der Waals surface area contributed by atoms with Crippen LogP contribution in [0.3, 0.4) is 0 Å². The lowest BCUT2D eigenvalue weighted by atomic mass is 9.96. The van der Waals surface area contributed by atoms with Crippen LogP contribution >= 0.6 is 0 Å². The van der Waals surface area contributed by atoms with Crippen molar-refractivity contribution in [3.8, 4) is 0 Å². The van der Waals surface area contributed by atoms with Crippen LogP contribution in [0.5, 0.6) is 0 Å². The maximum atomic E-state index is 12.4. The van der Waals surface area contributed by atoms with E-state index in [4.69, 9.17) is 4.74 Å². The fourth-order valence-electron chi connectivity index (χ4n) is 4.51. The molecule has 2 atom stereocenters. The number of unbranched alkanes of at least 4 members (excludes halogenated alkanes) is 15. The van der Waals surface area contributed by atoms with E-state index in [0.29, 0.717) is 12.5 Å². The fraction of sp³-hybridized carbons (Fsp3) is 0.966. The van der Waals surface area contributed by atoms with Crippen molar-refractivity contribution >= 4 is 5.97 Å². The molecular formula is C29H58O2. The molecule has 0 aromatic heterocycles. The third-order valence-corrected chi connectivity index (χ3v) is 6.77. The molecule has 0 aliphatic carbocycles. The molecule has 0 amide bonds. The van der Waals surface area contributed by atoms with Crippen molar-refractivity contribution in [1.82, 2.24) is 0 Å². The molecule has 186 valence electrons. The van der Waals surface area contributed by atoms with E-state index in [1.165, 1.54) is 128 Å². The highest BCUT2D eigenvalue weighted by atomic mass is 16.5. The zero-order valence-electron chi connectivity index (χ0n) is 22.0. The van der Waals surface area contributed by atoms with Gasteiger partial charge in [0.2, 0.25) is 0 Å². The van der Waals surface area contributed by atoms with Gasteiger partial charge in [-0.05, 0) is 25.2 Å². The van der Waals surface area contributed by atoms with E-state index in [1.807, 2.05) is 0 Å². The van der Waals surface area contributed by atoms with Crippen LogP contribution in [-0.4, -0.2) is 12.6 Å². The molecule has 0 rings (SSSR count). The molecule has 2 unspecified atom stereocenters. The summed E-state index contributed by atoms with van der Waals surface area (Å²) in [5, 5.41) is 0. The summed E-state index contributed by atoms with van der Waals surface area (Å²) in [6.45, 7) is 9.49. The molecule has 0 bridgehead atoms. The summed E-state index contributed by atoms with van der Waals surface area (Å²) in [5.41, 5.74) is 0. The Kier molecular flexibility index (Phi) is 23.7. The normalized spacial score (nSPS) is 13.3. The molecule has 2 nitrogen and oxygen atoms in total. The highest BCUT2D eigenvalue weighted by Crippen LogP contribution is 2.19.